The van der Waals surface area contributed by atoms with Crippen LogP contribution in [0, 0.1) is 0 Å². The zero-order chi connectivity index (χ0) is 29.3. The van der Waals surface area contributed by atoms with Gasteiger partial charge < -0.3 is 41.3 Å². The molecule has 0 radical (unpaired) electrons. The largest absolute Gasteiger partial charge is 0.480 e. The second kappa shape index (κ2) is 20.1. The summed E-state index contributed by atoms with van der Waals surface area (Å²) in [6.45, 7) is 7.40. The van der Waals surface area contributed by atoms with E-state index >= 15 is 0 Å². The second-order valence-electron chi connectivity index (χ2n) is 9.27. The third kappa shape index (κ3) is 13.8. The lowest BCUT2D eigenvalue weighted by atomic mass is 10.1. The number of carboxylic acid groups (broad SMARTS) is 1. The van der Waals surface area contributed by atoms with E-state index in [4.69, 9.17) is 10.2 Å². The lowest BCUT2D eigenvalue weighted by Crippen LogP contribution is -2.55. The first-order valence-electron chi connectivity index (χ1n) is 13.1. The number of carbonyl (C=O) groups excluding carboxylic acids is 2. The number of likely N-dealkylation sites (N-methyl/N-ethyl adjacent to an activating group) is 2. The van der Waals surface area contributed by atoms with Crippen LogP contribution >= 0.6 is 0 Å². The molecule has 0 aromatic carbocycles. The predicted molar refractivity (Wildman–Crippen MR) is 140 cm³/mol. The average molecular weight is 552 g/mol. The minimum absolute atomic E-state index is 0.0806. The van der Waals surface area contributed by atoms with Crippen molar-refractivity contribution in [3.05, 3.63) is 0 Å². The number of aliphatic hydroxyl groups excluding tert-OH is 5. The molecule has 0 aliphatic carbocycles. The van der Waals surface area contributed by atoms with Crippen LogP contribution < -0.4 is 10.6 Å². The number of hydrogen-bond acceptors (Lipinski definition) is 11. The number of nitrogens with zero attached hydrogens (tertiary/aromatic N) is 3. The Morgan fingerprint density at radius 1 is 0.816 bits per heavy atom. The van der Waals surface area contributed by atoms with Gasteiger partial charge in [-0.05, 0) is 33.4 Å². The molecule has 0 aromatic rings. The summed E-state index contributed by atoms with van der Waals surface area (Å²) >= 11 is 0. The molecule has 2 amide bonds. The van der Waals surface area contributed by atoms with Gasteiger partial charge in [-0.25, -0.2) is 0 Å². The van der Waals surface area contributed by atoms with E-state index < -0.39 is 43.5 Å². The lowest BCUT2D eigenvalue weighted by molar-refractivity contribution is -0.139. The molecular weight excluding hydrogens is 502 g/mol. The first-order chi connectivity index (χ1) is 17.9. The van der Waals surface area contributed by atoms with Gasteiger partial charge in [0.25, 0.3) is 0 Å². The summed E-state index contributed by atoms with van der Waals surface area (Å²) in [5.41, 5.74) is 0. The highest BCUT2D eigenvalue weighted by Gasteiger charge is 2.29. The molecule has 38 heavy (non-hydrogen) atoms. The Labute approximate surface area is 225 Å². The van der Waals surface area contributed by atoms with Gasteiger partial charge in [-0.15, -0.1) is 0 Å². The van der Waals surface area contributed by atoms with E-state index in [1.165, 1.54) is 0 Å². The van der Waals surface area contributed by atoms with Gasteiger partial charge in [0, 0.05) is 45.4 Å². The van der Waals surface area contributed by atoms with Gasteiger partial charge in [0.1, 0.15) is 0 Å². The van der Waals surface area contributed by atoms with Gasteiger partial charge >= 0.3 is 5.97 Å². The summed E-state index contributed by atoms with van der Waals surface area (Å²) < 4.78 is 0. The fourth-order valence-electron chi connectivity index (χ4n) is 4.16. The summed E-state index contributed by atoms with van der Waals surface area (Å²) in [6.07, 6.45) is -1.84. The smallest absolute Gasteiger partial charge is 0.317 e. The Kier molecular flexibility index (Phi) is 19.0. The van der Waals surface area contributed by atoms with E-state index in [-0.39, 0.29) is 50.6 Å². The fraction of sp³-hybridized carbons (Fsp3) is 0.875. The third-order valence-corrected chi connectivity index (χ3v) is 6.48. The van der Waals surface area contributed by atoms with Crippen molar-refractivity contribution in [1.82, 2.24) is 25.3 Å². The molecule has 0 aliphatic heterocycles. The Balaban J connectivity index is 5.43. The van der Waals surface area contributed by atoms with Crippen LogP contribution in [0.25, 0.3) is 0 Å². The fourth-order valence-corrected chi connectivity index (χ4v) is 4.16. The van der Waals surface area contributed by atoms with Crippen molar-refractivity contribution in [3.8, 4) is 0 Å². The van der Waals surface area contributed by atoms with Crippen molar-refractivity contribution in [1.29, 1.82) is 0 Å². The molecule has 224 valence electrons. The first kappa shape index (κ1) is 36.1. The van der Waals surface area contributed by atoms with Crippen LogP contribution in [0.5, 0.6) is 0 Å². The van der Waals surface area contributed by atoms with E-state index in [1.54, 1.807) is 18.7 Å². The van der Waals surface area contributed by atoms with Crippen LogP contribution in [-0.4, -0.2) is 166 Å². The molecule has 0 fully saturated rings. The van der Waals surface area contributed by atoms with Crippen LogP contribution in [0.4, 0.5) is 0 Å². The van der Waals surface area contributed by atoms with Crippen molar-refractivity contribution in [2.75, 3.05) is 72.2 Å². The Morgan fingerprint density at radius 2 is 1.34 bits per heavy atom. The third-order valence-electron chi connectivity index (χ3n) is 6.48. The summed E-state index contributed by atoms with van der Waals surface area (Å²) in [5, 5.41) is 61.2. The highest BCUT2D eigenvalue weighted by atomic mass is 16.4. The summed E-state index contributed by atoms with van der Waals surface area (Å²) in [5.74, 6) is -1.73. The molecule has 0 bridgehead atoms. The normalized spacial score (nSPS) is 15.8. The molecule has 0 rings (SSSR count). The van der Waals surface area contributed by atoms with Crippen LogP contribution in [0.3, 0.4) is 0 Å². The van der Waals surface area contributed by atoms with Crippen molar-refractivity contribution in [2.45, 2.75) is 64.4 Å². The van der Waals surface area contributed by atoms with Crippen LogP contribution in [0.1, 0.15) is 34.1 Å². The number of nitrogens with one attached hydrogen (secondary N) is 2. The van der Waals surface area contributed by atoms with E-state index in [1.807, 2.05) is 23.6 Å². The van der Waals surface area contributed by atoms with Gasteiger partial charge in [-0.2, -0.15) is 0 Å². The summed E-state index contributed by atoms with van der Waals surface area (Å²) in [4.78, 5) is 42.1. The van der Waals surface area contributed by atoms with Gasteiger partial charge in [-0.3, -0.25) is 29.1 Å². The second-order valence-corrected chi connectivity index (χ2v) is 9.27. The molecule has 14 nitrogen and oxygen atoms in total. The maximum absolute atomic E-state index is 12.7. The molecule has 5 atom stereocenters. The predicted octanol–water partition coefficient (Wildman–Crippen LogP) is -3.52. The maximum atomic E-state index is 12.7. The highest BCUT2D eigenvalue weighted by Crippen LogP contribution is 2.13. The number of carbonyl (C=O) groups is 3. The summed E-state index contributed by atoms with van der Waals surface area (Å²) in [6, 6.07) is -1.56. The number of aliphatic carboxylic acids is 1. The van der Waals surface area contributed by atoms with Gasteiger partial charge in [0.05, 0.1) is 44.1 Å². The number of rotatable bonds is 22. The Hall–Kier alpha value is -1.91. The van der Waals surface area contributed by atoms with Crippen molar-refractivity contribution >= 4 is 17.8 Å². The van der Waals surface area contributed by atoms with Gasteiger partial charge in [-0.1, -0.05) is 13.8 Å². The van der Waals surface area contributed by atoms with E-state index in [0.29, 0.717) is 32.6 Å². The minimum atomic E-state index is -1.08. The highest BCUT2D eigenvalue weighted by molar-refractivity contribution is 5.81. The molecule has 5 unspecified atom stereocenters. The Bertz CT molecular complexity index is 688. The molecule has 0 saturated carbocycles. The van der Waals surface area contributed by atoms with Crippen LogP contribution in [0.2, 0.25) is 0 Å². The molecule has 0 spiro atoms. The minimum Gasteiger partial charge on any atom is -0.480 e. The van der Waals surface area contributed by atoms with E-state index in [9.17, 15) is 34.8 Å². The number of hydrogen-bond donors (Lipinski definition) is 8. The zero-order valence-electron chi connectivity index (χ0n) is 23.1. The molecule has 0 saturated heterocycles. The Morgan fingerprint density at radius 3 is 1.76 bits per heavy atom. The SMILES string of the molecule is CCN(CCN(CC(=O)O)CC(CCO)N(CC)C(C)C(=O)NCC(O)CO)C(C)C(=O)NCC(O)CO. The maximum Gasteiger partial charge on any atom is 0.317 e. The molecule has 0 heterocycles. The number of carboxylic acids is 1. The molecule has 0 aromatic heterocycles. The molecule has 8 N–H and O–H groups in total. The first-order valence-corrected chi connectivity index (χ1v) is 13.1. The molecular formula is C24H49N5O9. The van der Waals surface area contributed by atoms with Crippen molar-refractivity contribution in [2.24, 2.45) is 0 Å². The van der Waals surface area contributed by atoms with E-state index in [2.05, 4.69) is 10.6 Å². The van der Waals surface area contributed by atoms with E-state index in [0.717, 1.165) is 0 Å². The molecule has 14 heteroatoms. The topological polar surface area (TPSA) is 206 Å². The van der Waals surface area contributed by atoms with Crippen LogP contribution in [0.15, 0.2) is 0 Å². The van der Waals surface area contributed by atoms with Gasteiger partial charge in [0.15, 0.2) is 0 Å². The monoisotopic (exact) mass is 551 g/mol. The standard InChI is InChI=1S/C24H49N5O9/c1-5-28(17(3)23(37)25-11-20(33)15-31)9-8-27(14-22(35)36)13-19(7-10-30)29(6-2)18(4)24(38)26-12-21(34)16-32/h17-21,30-34H,5-16H2,1-4H3,(H,25,37)(H,26,38)(H,35,36). The quantitative estimate of drug-likeness (QED) is 0.0659. The van der Waals surface area contributed by atoms with Crippen molar-refractivity contribution < 1.29 is 45.0 Å². The van der Waals surface area contributed by atoms with Crippen LogP contribution in [-0.2, 0) is 14.4 Å². The number of aliphatic hydroxyl groups is 5. The lowest BCUT2D eigenvalue weighted by Gasteiger charge is -2.38. The summed E-state index contributed by atoms with van der Waals surface area (Å²) in [7, 11) is 0. The zero-order valence-corrected chi connectivity index (χ0v) is 23.1. The van der Waals surface area contributed by atoms with Gasteiger partial charge in [0.2, 0.25) is 11.8 Å². The average Bonchev–Trinajstić information content (AvgIpc) is 2.89. The van der Waals surface area contributed by atoms with Crippen molar-refractivity contribution in [3.63, 3.8) is 0 Å². The molecule has 0 aliphatic rings. The number of amides is 2.